The number of fused-ring (bicyclic) bond motifs is 1. The van der Waals surface area contributed by atoms with Gasteiger partial charge in [-0.15, -0.1) is 11.8 Å². The first kappa shape index (κ1) is 11.2. The number of rotatable bonds is 2. The maximum atomic E-state index is 11.5. The minimum absolute atomic E-state index is 0.122. The van der Waals surface area contributed by atoms with Gasteiger partial charge in [0.1, 0.15) is 5.78 Å². The minimum atomic E-state index is 0.122. The van der Waals surface area contributed by atoms with Gasteiger partial charge in [0.15, 0.2) is 0 Å². The summed E-state index contributed by atoms with van der Waals surface area (Å²) in [6, 6.07) is 5.83. The third-order valence-electron chi connectivity index (χ3n) is 2.56. The standard InChI is InChI=1S/C12H13NO2S/c1-8(14)5-9-3-4-10-11(6-9)16-7-12(15)13(10)2/h3-4,6H,5,7H2,1-2H3. The minimum Gasteiger partial charge on any atom is -0.314 e. The number of anilines is 1. The predicted octanol–water partition coefficient (Wildman–Crippen LogP) is 1.89. The SMILES string of the molecule is CC(=O)Cc1ccc2c(c1)SCC(=O)N2C. The van der Waals surface area contributed by atoms with Gasteiger partial charge in [0, 0.05) is 18.4 Å². The van der Waals surface area contributed by atoms with Crippen molar-refractivity contribution < 1.29 is 9.59 Å². The van der Waals surface area contributed by atoms with Crippen LogP contribution in [0.15, 0.2) is 23.1 Å². The normalized spacial score (nSPS) is 14.9. The average molecular weight is 235 g/mol. The van der Waals surface area contributed by atoms with E-state index in [4.69, 9.17) is 0 Å². The van der Waals surface area contributed by atoms with E-state index in [1.54, 1.807) is 18.9 Å². The molecule has 0 spiro atoms. The maximum absolute atomic E-state index is 11.5. The molecule has 0 saturated carbocycles. The van der Waals surface area contributed by atoms with Gasteiger partial charge in [0.05, 0.1) is 11.4 Å². The van der Waals surface area contributed by atoms with E-state index in [1.165, 1.54) is 11.8 Å². The van der Waals surface area contributed by atoms with Crippen molar-refractivity contribution >= 4 is 29.1 Å². The summed E-state index contributed by atoms with van der Waals surface area (Å²) in [4.78, 5) is 25.3. The highest BCUT2D eigenvalue weighted by molar-refractivity contribution is 8.00. The Morgan fingerprint density at radius 3 is 2.94 bits per heavy atom. The zero-order valence-electron chi connectivity index (χ0n) is 9.32. The van der Waals surface area contributed by atoms with E-state index in [9.17, 15) is 9.59 Å². The molecule has 0 aromatic heterocycles. The fourth-order valence-electron chi connectivity index (χ4n) is 1.72. The fraction of sp³-hybridized carbons (Fsp3) is 0.333. The number of carbonyl (C=O) groups excluding carboxylic acids is 2. The highest BCUT2D eigenvalue weighted by Gasteiger charge is 2.21. The van der Waals surface area contributed by atoms with Gasteiger partial charge in [-0.25, -0.2) is 0 Å². The summed E-state index contributed by atoms with van der Waals surface area (Å²) in [6.07, 6.45) is 0.464. The largest absolute Gasteiger partial charge is 0.314 e. The number of hydrogen-bond acceptors (Lipinski definition) is 3. The molecule has 16 heavy (non-hydrogen) atoms. The van der Waals surface area contributed by atoms with Gasteiger partial charge in [-0.05, 0) is 24.6 Å². The second kappa shape index (κ2) is 4.29. The highest BCUT2D eigenvalue weighted by atomic mass is 32.2. The van der Waals surface area contributed by atoms with Crippen LogP contribution in [0.3, 0.4) is 0 Å². The van der Waals surface area contributed by atoms with Crippen molar-refractivity contribution in [2.75, 3.05) is 17.7 Å². The zero-order valence-corrected chi connectivity index (χ0v) is 10.1. The monoisotopic (exact) mass is 235 g/mol. The van der Waals surface area contributed by atoms with E-state index >= 15 is 0 Å². The smallest absolute Gasteiger partial charge is 0.237 e. The lowest BCUT2D eigenvalue weighted by Crippen LogP contribution is -2.31. The van der Waals surface area contributed by atoms with Gasteiger partial charge < -0.3 is 4.90 Å². The lowest BCUT2D eigenvalue weighted by atomic mass is 10.1. The van der Waals surface area contributed by atoms with Crippen LogP contribution in [-0.4, -0.2) is 24.5 Å². The number of amides is 1. The van der Waals surface area contributed by atoms with Gasteiger partial charge in [-0.1, -0.05) is 6.07 Å². The lowest BCUT2D eigenvalue weighted by Gasteiger charge is -2.25. The van der Waals surface area contributed by atoms with Crippen molar-refractivity contribution in [3.63, 3.8) is 0 Å². The molecule has 0 radical (unpaired) electrons. The Morgan fingerprint density at radius 1 is 1.50 bits per heavy atom. The lowest BCUT2D eigenvalue weighted by molar-refractivity contribution is -0.117. The molecule has 0 atom stereocenters. The van der Waals surface area contributed by atoms with Crippen LogP contribution in [-0.2, 0) is 16.0 Å². The van der Waals surface area contributed by atoms with Gasteiger partial charge >= 0.3 is 0 Å². The Kier molecular flexibility index (Phi) is 3.01. The molecule has 1 aromatic carbocycles. The third-order valence-corrected chi connectivity index (χ3v) is 3.59. The summed E-state index contributed by atoms with van der Waals surface area (Å²) in [5.41, 5.74) is 1.95. The Balaban J connectivity index is 2.33. The first-order chi connectivity index (χ1) is 7.58. The molecule has 1 aliphatic rings. The van der Waals surface area contributed by atoms with Crippen molar-refractivity contribution in [2.24, 2.45) is 0 Å². The fourth-order valence-corrected chi connectivity index (χ4v) is 2.78. The number of thioether (sulfide) groups is 1. The van der Waals surface area contributed by atoms with Crippen LogP contribution < -0.4 is 4.90 Å². The number of ketones is 1. The molecule has 0 fully saturated rings. The molecule has 1 amide bonds. The topological polar surface area (TPSA) is 37.4 Å². The molecule has 0 aliphatic carbocycles. The zero-order chi connectivity index (χ0) is 11.7. The Hall–Kier alpha value is -1.29. The van der Waals surface area contributed by atoms with Crippen molar-refractivity contribution in [2.45, 2.75) is 18.2 Å². The van der Waals surface area contributed by atoms with Crippen LogP contribution in [0.2, 0.25) is 0 Å². The molecular weight excluding hydrogens is 222 g/mol. The van der Waals surface area contributed by atoms with E-state index in [0.29, 0.717) is 12.2 Å². The molecule has 2 rings (SSSR count). The summed E-state index contributed by atoms with van der Waals surface area (Å²) in [7, 11) is 1.78. The molecule has 0 unspecified atom stereocenters. The Morgan fingerprint density at radius 2 is 2.25 bits per heavy atom. The van der Waals surface area contributed by atoms with Gasteiger partial charge in [0.2, 0.25) is 5.91 Å². The average Bonchev–Trinajstić information content (AvgIpc) is 2.23. The van der Waals surface area contributed by atoms with E-state index in [2.05, 4.69) is 0 Å². The van der Waals surface area contributed by atoms with Crippen molar-refractivity contribution in [3.05, 3.63) is 23.8 Å². The number of hydrogen-bond donors (Lipinski definition) is 0. The first-order valence-corrected chi connectivity index (χ1v) is 6.08. The molecule has 0 bridgehead atoms. The second-order valence-electron chi connectivity index (χ2n) is 3.92. The molecule has 1 aromatic rings. The molecule has 1 aliphatic heterocycles. The van der Waals surface area contributed by atoms with Crippen molar-refractivity contribution in [3.8, 4) is 0 Å². The second-order valence-corrected chi connectivity index (χ2v) is 4.94. The number of Topliss-reactive ketones (excluding diaryl/α,β-unsaturated/α-hetero) is 1. The van der Waals surface area contributed by atoms with Crippen LogP contribution >= 0.6 is 11.8 Å². The van der Waals surface area contributed by atoms with Crippen LogP contribution in [0.5, 0.6) is 0 Å². The van der Waals surface area contributed by atoms with Crippen LogP contribution in [0.4, 0.5) is 5.69 Å². The Bertz CT molecular complexity index is 456. The summed E-state index contributed by atoms with van der Waals surface area (Å²) >= 11 is 1.54. The summed E-state index contributed by atoms with van der Waals surface area (Å²) in [5, 5.41) is 0. The van der Waals surface area contributed by atoms with Crippen LogP contribution in [0.25, 0.3) is 0 Å². The third kappa shape index (κ3) is 2.11. The van der Waals surface area contributed by atoms with E-state index in [1.807, 2.05) is 18.2 Å². The predicted molar refractivity (Wildman–Crippen MR) is 65.0 cm³/mol. The number of benzene rings is 1. The van der Waals surface area contributed by atoms with Gasteiger partial charge in [-0.3, -0.25) is 9.59 Å². The molecular formula is C12H13NO2S. The van der Waals surface area contributed by atoms with Crippen LogP contribution in [0, 0.1) is 0 Å². The molecule has 4 heteroatoms. The van der Waals surface area contributed by atoms with Crippen molar-refractivity contribution in [1.82, 2.24) is 0 Å². The molecule has 3 nitrogen and oxygen atoms in total. The number of nitrogens with zero attached hydrogens (tertiary/aromatic N) is 1. The molecule has 0 saturated heterocycles. The summed E-state index contributed by atoms with van der Waals surface area (Å²) in [5.74, 6) is 0.759. The van der Waals surface area contributed by atoms with Crippen LogP contribution in [0.1, 0.15) is 12.5 Å². The highest BCUT2D eigenvalue weighted by Crippen LogP contribution is 2.35. The summed E-state index contributed by atoms with van der Waals surface area (Å²) in [6.45, 7) is 1.59. The molecule has 84 valence electrons. The molecule has 1 heterocycles. The maximum Gasteiger partial charge on any atom is 0.237 e. The number of carbonyl (C=O) groups is 2. The Labute approximate surface area is 98.8 Å². The molecule has 0 N–H and O–H groups in total. The summed E-state index contributed by atoms with van der Waals surface area (Å²) < 4.78 is 0. The van der Waals surface area contributed by atoms with E-state index in [-0.39, 0.29) is 11.7 Å². The quantitative estimate of drug-likeness (QED) is 0.785. The first-order valence-electron chi connectivity index (χ1n) is 5.09. The van der Waals surface area contributed by atoms with E-state index in [0.717, 1.165) is 16.1 Å². The van der Waals surface area contributed by atoms with Crippen molar-refractivity contribution in [1.29, 1.82) is 0 Å². The van der Waals surface area contributed by atoms with Gasteiger partial charge in [-0.2, -0.15) is 0 Å². The van der Waals surface area contributed by atoms with Gasteiger partial charge in [0.25, 0.3) is 0 Å². The van der Waals surface area contributed by atoms with E-state index < -0.39 is 0 Å².